The third-order valence-electron chi connectivity index (χ3n) is 5.40. The molecule has 4 nitrogen and oxygen atoms in total. The number of aryl methyl sites for hydroxylation is 3. The van der Waals surface area contributed by atoms with Gasteiger partial charge in [0.15, 0.2) is 0 Å². The van der Waals surface area contributed by atoms with Crippen molar-refractivity contribution < 1.29 is 4.79 Å². The number of carbonyl (C=O) groups is 1. The van der Waals surface area contributed by atoms with Gasteiger partial charge in [0.2, 0.25) is 5.91 Å². The van der Waals surface area contributed by atoms with Gasteiger partial charge in [-0.1, -0.05) is 18.1 Å². The van der Waals surface area contributed by atoms with Crippen LogP contribution in [0.4, 0.5) is 0 Å². The summed E-state index contributed by atoms with van der Waals surface area (Å²) in [6.07, 6.45) is 3.17. The molecule has 1 amide bonds. The number of amides is 1. The van der Waals surface area contributed by atoms with Crippen LogP contribution in [0.3, 0.4) is 0 Å². The summed E-state index contributed by atoms with van der Waals surface area (Å²) in [5.41, 5.74) is 11.8. The average Bonchev–Trinajstić information content (AvgIpc) is 3.11. The molecule has 1 aromatic carbocycles. The molecule has 132 valence electrons. The zero-order valence-electron chi connectivity index (χ0n) is 14.7. The monoisotopic (exact) mass is 349 g/mol. The van der Waals surface area contributed by atoms with Crippen LogP contribution >= 0.6 is 12.4 Å². The smallest absolute Gasteiger partial charge is 0.223 e. The first-order valence-corrected chi connectivity index (χ1v) is 8.57. The van der Waals surface area contributed by atoms with Crippen molar-refractivity contribution in [2.75, 3.05) is 6.54 Å². The van der Waals surface area contributed by atoms with Gasteiger partial charge in [-0.3, -0.25) is 4.79 Å². The van der Waals surface area contributed by atoms with E-state index < -0.39 is 0 Å². The zero-order valence-corrected chi connectivity index (χ0v) is 15.6. The lowest BCUT2D eigenvalue weighted by atomic mass is 9.95. The zero-order chi connectivity index (χ0) is 16.6. The number of hydrogen-bond donors (Lipinski definition) is 3. The van der Waals surface area contributed by atoms with Crippen LogP contribution in [0.2, 0.25) is 0 Å². The number of hydrogen-bond acceptors (Lipinski definition) is 2. The quantitative estimate of drug-likeness (QED) is 0.790. The number of aromatic amines is 1. The Labute approximate surface area is 150 Å². The summed E-state index contributed by atoms with van der Waals surface area (Å²) in [6.45, 7) is 7.53. The minimum absolute atomic E-state index is 0. The average molecular weight is 350 g/mol. The minimum Gasteiger partial charge on any atom is -0.358 e. The van der Waals surface area contributed by atoms with Crippen LogP contribution in [0.15, 0.2) is 12.1 Å². The summed E-state index contributed by atoms with van der Waals surface area (Å²) >= 11 is 0. The normalized spacial score (nSPS) is 20.2. The van der Waals surface area contributed by atoms with Crippen LogP contribution < -0.4 is 11.1 Å². The van der Waals surface area contributed by atoms with Gasteiger partial charge >= 0.3 is 0 Å². The highest BCUT2D eigenvalue weighted by molar-refractivity contribution is 5.88. The predicted molar refractivity (Wildman–Crippen MR) is 101 cm³/mol. The summed E-state index contributed by atoms with van der Waals surface area (Å²) in [5, 5.41) is 4.40. The highest BCUT2D eigenvalue weighted by Crippen LogP contribution is 2.31. The van der Waals surface area contributed by atoms with Crippen LogP contribution in [0.5, 0.6) is 0 Å². The number of H-pyrrole nitrogens is 1. The molecule has 1 aromatic heterocycles. The maximum absolute atomic E-state index is 12.5. The van der Waals surface area contributed by atoms with Gasteiger partial charge in [-0.2, -0.15) is 0 Å². The molecule has 0 aliphatic heterocycles. The third kappa shape index (κ3) is 3.45. The van der Waals surface area contributed by atoms with E-state index in [0.29, 0.717) is 19.0 Å². The Balaban J connectivity index is 0.00000208. The Morgan fingerprint density at radius 3 is 2.75 bits per heavy atom. The Morgan fingerprint density at radius 1 is 1.29 bits per heavy atom. The molecule has 0 spiro atoms. The molecule has 0 bridgehead atoms. The van der Waals surface area contributed by atoms with E-state index in [1.54, 1.807) is 0 Å². The molecule has 2 aromatic rings. The number of nitrogens with two attached hydrogens (primary N) is 1. The van der Waals surface area contributed by atoms with Gasteiger partial charge in [0.05, 0.1) is 5.52 Å². The topological polar surface area (TPSA) is 70.9 Å². The fourth-order valence-electron chi connectivity index (χ4n) is 3.91. The fourth-order valence-corrected chi connectivity index (χ4v) is 3.91. The third-order valence-corrected chi connectivity index (χ3v) is 5.40. The summed E-state index contributed by atoms with van der Waals surface area (Å²) in [5.74, 6) is 0.600. The van der Waals surface area contributed by atoms with Gasteiger partial charge in [0, 0.05) is 23.5 Å². The lowest BCUT2D eigenvalue weighted by Gasteiger charge is -2.17. The van der Waals surface area contributed by atoms with Gasteiger partial charge in [-0.15, -0.1) is 12.4 Å². The molecule has 0 unspecified atom stereocenters. The number of nitrogens with one attached hydrogen (secondary N) is 2. The molecule has 1 saturated carbocycles. The fraction of sp³-hybridized carbons (Fsp3) is 0.526. The van der Waals surface area contributed by atoms with Gasteiger partial charge in [0.1, 0.15) is 0 Å². The molecule has 1 aliphatic carbocycles. The highest BCUT2D eigenvalue weighted by atomic mass is 35.5. The maximum atomic E-state index is 12.5. The number of rotatable bonds is 4. The van der Waals surface area contributed by atoms with E-state index in [2.05, 4.69) is 43.2 Å². The summed E-state index contributed by atoms with van der Waals surface area (Å²) < 4.78 is 0. The lowest BCUT2D eigenvalue weighted by Crippen LogP contribution is -2.34. The molecule has 1 aliphatic rings. The van der Waals surface area contributed by atoms with Crippen molar-refractivity contribution >= 4 is 29.2 Å². The van der Waals surface area contributed by atoms with Crippen LogP contribution in [-0.4, -0.2) is 17.4 Å². The van der Waals surface area contributed by atoms with E-state index in [9.17, 15) is 4.79 Å². The first-order chi connectivity index (χ1) is 11.0. The molecule has 5 heteroatoms. The SMILES string of the molecule is Cc1cc(CNC(=O)[C@@H]2CCC[C@@H]2CN)c2[nH]c(C)c(C)c2c1.Cl. The van der Waals surface area contributed by atoms with Gasteiger partial charge in [-0.05, 0) is 63.3 Å². The van der Waals surface area contributed by atoms with E-state index in [-0.39, 0.29) is 24.2 Å². The van der Waals surface area contributed by atoms with Crippen molar-refractivity contribution in [1.29, 1.82) is 0 Å². The van der Waals surface area contributed by atoms with Crippen molar-refractivity contribution in [2.45, 2.75) is 46.6 Å². The van der Waals surface area contributed by atoms with E-state index in [1.807, 2.05) is 0 Å². The minimum atomic E-state index is 0. The Bertz CT molecular complexity index is 738. The molecule has 1 fully saturated rings. The summed E-state index contributed by atoms with van der Waals surface area (Å²) in [7, 11) is 0. The van der Waals surface area contributed by atoms with Crippen LogP contribution in [-0.2, 0) is 11.3 Å². The van der Waals surface area contributed by atoms with Gasteiger partial charge in [-0.25, -0.2) is 0 Å². The second kappa shape index (κ2) is 7.58. The maximum Gasteiger partial charge on any atom is 0.223 e. The molecule has 3 rings (SSSR count). The van der Waals surface area contributed by atoms with Gasteiger partial charge < -0.3 is 16.0 Å². The van der Waals surface area contributed by atoms with E-state index >= 15 is 0 Å². The Morgan fingerprint density at radius 2 is 2.04 bits per heavy atom. The van der Waals surface area contributed by atoms with E-state index in [4.69, 9.17) is 5.73 Å². The largest absolute Gasteiger partial charge is 0.358 e. The van der Waals surface area contributed by atoms with Crippen LogP contribution in [0.25, 0.3) is 10.9 Å². The van der Waals surface area contributed by atoms with Crippen molar-refractivity contribution in [3.8, 4) is 0 Å². The van der Waals surface area contributed by atoms with Crippen molar-refractivity contribution in [3.05, 3.63) is 34.5 Å². The Kier molecular flexibility index (Phi) is 5.94. The molecule has 24 heavy (non-hydrogen) atoms. The van der Waals surface area contributed by atoms with Gasteiger partial charge in [0.25, 0.3) is 0 Å². The number of aromatic nitrogens is 1. The molecule has 0 radical (unpaired) electrons. The molecular formula is C19H28ClN3O. The summed E-state index contributed by atoms with van der Waals surface area (Å²) in [6, 6.07) is 4.37. The van der Waals surface area contributed by atoms with Crippen LogP contribution in [0.1, 0.15) is 41.6 Å². The molecule has 4 N–H and O–H groups in total. The van der Waals surface area contributed by atoms with Crippen molar-refractivity contribution in [3.63, 3.8) is 0 Å². The highest BCUT2D eigenvalue weighted by Gasteiger charge is 2.31. The van der Waals surface area contributed by atoms with Crippen LogP contribution in [0, 0.1) is 32.6 Å². The van der Waals surface area contributed by atoms with Crippen molar-refractivity contribution in [2.24, 2.45) is 17.6 Å². The second-order valence-corrected chi connectivity index (χ2v) is 6.97. The summed E-state index contributed by atoms with van der Waals surface area (Å²) in [4.78, 5) is 16.0. The molecular weight excluding hydrogens is 322 g/mol. The van der Waals surface area contributed by atoms with E-state index in [1.165, 1.54) is 22.2 Å². The van der Waals surface area contributed by atoms with Crippen molar-refractivity contribution in [1.82, 2.24) is 10.3 Å². The first-order valence-electron chi connectivity index (χ1n) is 8.57. The first kappa shape index (κ1) is 18.8. The number of halogens is 1. The number of fused-ring (bicyclic) bond motifs is 1. The lowest BCUT2D eigenvalue weighted by molar-refractivity contribution is -0.126. The Hall–Kier alpha value is -1.52. The molecule has 2 atom stereocenters. The van der Waals surface area contributed by atoms with E-state index in [0.717, 1.165) is 30.3 Å². The second-order valence-electron chi connectivity index (χ2n) is 6.97. The molecule has 1 heterocycles. The number of benzene rings is 1. The molecule has 0 saturated heterocycles. The number of carbonyl (C=O) groups excluding carboxylic acids is 1. The standard InChI is InChI=1S/C19H27N3O.ClH/c1-11-7-15(18-17(8-11)12(2)13(3)22-18)10-21-19(23)16-6-4-5-14(16)9-20;/h7-8,14,16,22H,4-6,9-10,20H2,1-3H3,(H,21,23);1H/t14-,16-;/m1./s1. The predicted octanol–water partition coefficient (Wildman–Crippen LogP) is 3.51.